The Hall–Kier alpha value is -0.170. The first-order valence-corrected chi connectivity index (χ1v) is 8.68. The van der Waals surface area contributed by atoms with Crippen molar-refractivity contribution in [3.05, 3.63) is 0 Å². The van der Waals surface area contributed by atoms with Crippen LogP contribution in [-0.2, 0) is 19.5 Å². The highest BCUT2D eigenvalue weighted by molar-refractivity contribution is 7.90. The van der Waals surface area contributed by atoms with Crippen LogP contribution < -0.4 is 0 Å². The summed E-state index contributed by atoms with van der Waals surface area (Å²) in [6, 6.07) is 0. The number of nitrogens with zero attached hydrogens (tertiary/aromatic N) is 1. The maximum atomic E-state index is 12.4. The molecule has 0 spiro atoms. The summed E-state index contributed by atoms with van der Waals surface area (Å²) in [5, 5.41) is -0.117. The van der Waals surface area contributed by atoms with Crippen LogP contribution in [0.5, 0.6) is 0 Å². The number of hydrogen-bond donors (Lipinski definition) is 0. The van der Waals surface area contributed by atoms with Crippen LogP contribution in [0.25, 0.3) is 0 Å². The van der Waals surface area contributed by atoms with Gasteiger partial charge in [-0.2, -0.15) is 0 Å². The van der Waals surface area contributed by atoms with Gasteiger partial charge in [0, 0.05) is 32.2 Å². The molecule has 19 heavy (non-hydrogen) atoms. The lowest BCUT2D eigenvalue weighted by Crippen LogP contribution is -2.58. The molecular weight excluding hydrogens is 266 g/mol. The molecule has 1 aliphatic carbocycles. The minimum Gasteiger partial charge on any atom is -0.384 e. The Balaban J connectivity index is 1.80. The Kier molecular flexibility index (Phi) is 3.62. The average molecular weight is 289 g/mol. The fraction of sp³-hybridized carbons (Fsp3) is 1.00. The summed E-state index contributed by atoms with van der Waals surface area (Å²) in [5.41, 5.74) is -0.132. The molecule has 0 aromatic heterocycles. The molecule has 2 heterocycles. The summed E-state index contributed by atoms with van der Waals surface area (Å²) >= 11 is 0. The van der Waals surface area contributed by atoms with Gasteiger partial charge in [0.25, 0.3) is 0 Å². The Morgan fingerprint density at radius 2 is 2.16 bits per heavy atom. The van der Waals surface area contributed by atoms with Crippen molar-refractivity contribution in [2.24, 2.45) is 5.41 Å². The van der Waals surface area contributed by atoms with Gasteiger partial charge in [-0.1, -0.05) is 0 Å². The quantitative estimate of drug-likeness (QED) is 0.774. The second-order valence-electron chi connectivity index (χ2n) is 6.12. The number of hydrogen-bond acceptors (Lipinski definition) is 4. The highest BCUT2D eigenvalue weighted by atomic mass is 32.2. The lowest BCUT2D eigenvalue weighted by Gasteiger charge is -2.49. The van der Waals surface area contributed by atoms with E-state index < -0.39 is 10.0 Å². The maximum absolute atomic E-state index is 12.4. The van der Waals surface area contributed by atoms with Crippen molar-refractivity contribution in [3.63, 3.8) is 0 Å². The molecule has 2 atom stereocenters. The van der Waals surface area contributed by atoms with Crippen molar-refractivity contribution >= 4 is 10.0 Å². The van der Waals surface area contributed by atoms with Gasteiger partial charge >= 0.3 is 0 Å². The van der Waals surface area contributed by atoms with E-state index >= 15 is 0 Å². The summed E-state index contributed by atoms with van der Waals surface area (Å²) in [6.07, 6.45) is 4.62. The molecule has 5 nitrogen and oxygen atoms in total. The van der Waals surface area contributed by atoms with Crippen molar-refractivity contribution in [2.75, 3.05) is 33.4 Å². The van der Waals surface area contributed by atoms with Gasteiger partial charge in [-0.05, 0) is 32.1 Å². The van der Waals surface area contributed by atoms with Crippen LogP contribution in [0.1, 0.15) is 32.1 Å². The molecule has 0 bridgehead atoms. The highest BCUT2D eigenvalue weighted by Crippen LogP contribution is 2.43. The first-order chi connectivity index (χ1) is 9.08. The SMILES string of the molecule is COC[C@]12CCCO[C@H]1CCN(S(=O)(=O)C1CC1)C2. The third-order valence-electron chi connectivity index (χ3n) is 4.69. The zero-order chi connectivity index (χ0) is 13.5. The van der Waals surface area contributed by atoms with Gasteiger partial charge in [0.15, 0.2) is 0 Å². The zero-order valence-corrected chi connectivity index (χ0v) is 12.3. The van der Waals surface area contributed by atoms with E-state index in [0.717, 1.165) is 38.7 Å². The lowest BCUT2D eigenvalue weighted by atomic mass is 9.73. The van der Waals surface area contributed by atoms with Crippen LogP contribution in [0.2, 0.25) is 0 Å². The fourth-order valence-corrected chi connectivity index (χ4v) is 5.49. The van der Waals surface area contributed by atoms with E-state index in [2.05, 4.69) is 0 Å². The van der Waals surface area contributed by atoms with Gasteiger partial charge in [0.2, 0.25) is 10.0 Å². The van der Waals surface area contributed by atoms with Crippen LogP contribution >= 0.6 is 0 Å². The van der Waals surface area contributed by atoms with Crippen molar-refractivity contribution in [1.29, 1.82) is 0 Å². The van der Waals surface area contributed by atoms with Crippen LogP contribution in [0, 0.1) is 5.41 Å². The third kappa shape index (κ3) is 2.44. The largest absolute Gasteiger partial charge is 0.384 e. The first kappa shape index (κ1) is 13.8. The van der Waals surface area contributed by atoms with Crippen LogP contribution in [0.4, 0.5) is 0 Å². The smallest absolute Gasteiger partial charge is 0.217 e. The monoisotopic (exact) mass is 289 g/mol. The molecule has 110 valence electrons. The predicted octanol–water partition coefficient (Wildman–Crippen LogP) is 0.996. The predicted molar refractivity (Wildman–Crippen MR) is 71.4 cm³/mol. The Bertz CT molecular complexity index is 430. The standard InChI is InChI=1S/C13H23NO4S/c1-17-10-13-6-2-8-18-12(13)5-7-14(9-13)19(15,16)11-3-4-11/h11-12H,2-10H2,1H3/t12-,13+/m0/s1. The number of ether oxygens (including phenoxy) is 2. The normalized spacial score (nSPS) is 37.0. The summed E-state index contributed by atoms with van der Waals surface area (Å²) in [7, 11) is -1.38. The molecule has 0 N–H and O–H groups in total. The van der Waals surface area contributed by atoms with Crippen molar-refractivity contribution < 1.29 is 17.9 Å². The van der Waals surface area contributed by atoms with Gasteiger partial charge in [-0.15, -0.1) is 0 Å². The molecule has 0 unspecified atom stereocenters. The number of piperidine rings is 1. The van der Waals surface area contributed by atoms with Crippen molar-refractivity contribution in [2.45, 2.75) is 43.5 Å². The lowest BCUT2D eigenvalue weighted by molar-refractivity contribution is -0.137. The molecule has 2 aliphatic heterocycles. The fourth-order valence-electron chi connectivity index (χ4n) is 3.54. The van der Waals surface area contributed by atoms with E-state index in [1.807, 2.05) is 0 Å². The average Bonchev–Trinajstić information content (AvgIpc) is 3.22. The second-order valence-corrected chi connectivity index (χ2v) is 8.34. The van der Waals surface area contributed by atoms with Crippen LogP contribution in [0.3, 0.4) is 0 Å². The van der Waals surface area contributed by atoms with E-state index in [9.17, 15) is 8.42 Å². The first-order valence-electron chi connectivity index (χ1n) is 7.18. The molecule has 0 aromatic rings. The van der Waals surface area contributed by atoms with E-state index in [0.29, 0.717) is 19.7 Å². The molecule has 0 amide bonds. The molecule has 3 fully saturated rings. The van der Waals surface area contributed by atoms with Gasteiger partial charge in [0.05, 0.1) is 18.0 Å². The van der Waals surface area contributed by atoms with Crippen LogP contribution in [0.15, 0.2) is 0 Å². The molecule has 6 heteroatoms. The van der Waals surface area contributed by atoms with Gasteiger partial charge < -0.3 is 9.47 Å². The number of rotatable bonds is 4. The van der Waals surface area contributed by atoms with Gasteiger partial charge in [-0.25, -0.2) is 12.7 Å². The summed E-state index contributed by atoms with van der Waals surface area (Å²) < 4.78 is 37.8. The third-order valence-corrected chi connectivity index (χ3v) is 7.04. The Labute approximate surface area is 115 Å². The molecule has 3 aliphatic rings. The Morgan fingerprint density at radius 1 is 1.37 bits per heavy atom. The summed E-state index contributed by atoms with van der Waals surface area (Å²) in [6.45, 7) is 2.57. The second kappa shape index (κ2) is 4.98. The minimum absolute atomic E-state index is 0.117. The number of sulfonamides is 1. The molecular formula is C13H23NO4S. The van der Waals surface area contributed by atoms with E-state index in [1.54, 1.807) is 11.4 Å². The zero-order valence-electron chi connectivity index (χ0n) is 11.5. The molecule has 3 rings (SSSR count). The van der Waals surface area contributed by atoms with Crippen molar-refractivity contribution in [3.8, 4) is 0 Å². The Morgan fingerprint density at radius 3 is 2.84 bits per heavy atom. The summed E-state index contributed by atoms with van der Waals surface area (Å²) in [5.74, 6) is 0. The van der Waals surface area contributed by atoms with Crippen molar-refractivity contribution in [1.82, 2.24) is 4.31 Å². The topological polar surface area (TPSA) is 55.8 Å². The molecule has 2 saturated heterocycles. The van der Waals surface area contributed by atoms with E-state index in [4.69, 9.17) is 9.47 Å². The summed E-state index contributed by atoms with van der Waals surface area (Å²) in [4.78, 5) is 0. The molecule has 1 saturated carbocycles. The van der Waals surface area contributed by atoms with Crippen LogP contribution in [-0.4, -0.2) is 57.5 Å². The van der Waals surface area contributed by atoms with E-state index in [1.165, 1.54) is 0 Å². The number of fused-ring (bicyclic) bond motifs is 1. The van der Waals surface area contributed by atoms with E-state index in [-0.39, 0.29) is 16.8 Å². The maximum Gasteiger partial charge on any atom is 0.217 e. The van der Waals surface area contributed by atoms with Gasteiger partial charge in [0.1, 0.15) is 0 Å². The number of methoxy groups -OCH3 is 1. The minimum atomic E-state index is -3.07. The molecule has 0 radical (unpaired) electrons. The molecule has 0 aromatic carbocycles. The highest BCUT2D eigenvalue weighted by Gasteiger charge is 2.50. The van der Waals surface area contributed by atoms with Gasteiger partial charge in [-0.3, -0.25) is 0 Å².